The summed E-state index contributed by atoms with van der Waals surface area (Å²) in [4.78, 5) is 11.8. The van der Waals surface area contributed by atoms with Gasteiger partial charge in [0.25, 0.3) is 0 Å². The minimum absolute atomic E-state index is 0.133. The molecule has 0 heterocycles. The average molecular weight is 360 g/mol. The van der Waals surface area contributed by atoms with Crippen LogP contribution in [0, 0.1) is 23.7 Å². The number of hydrogen-bond donors (Lipinski definition) is 0. The molecule has 4 aliphatic carbocycles. The van der Waals surface area contributed by atoms with E-state index in [1.165, 1.54) is 6.08 Å². The highest BCUT2D eigenvalue weighted by atomic mass is 19.4. The normalized spacial score (nSPS) is 35.9. The summed E-state index contributed by atoms with van der Waals surface area (Å²) in [6, 6.07) is 0. The molecule has 6 heteroatoms. The summed E-state index contributed by atoms with van der Waals surface area (Å²) in [6.45, 7) is 0. The molecule has 0 spiro atoms. The van der Waals surface area contributed by atoms with E-state index in [-0.39, 0.29) is 11.5 Å². The Bertz CT molecular complexity index is 657. The van der Waals surface area contributed by atoms with E-state index in [0.29, 0.717) is 30.3 Å². The maximum atomic E-state index is 14.2. The second kappa shape index (κ2) is 5.65. The number of allylic oxidation sites excluding steroid dienone is 4. The molecule has 2 saturated carbocycles. The van der Waals surface area contributed by atoms with Crippen molar-refractivity contribution in [1.82, 2.24) is 0 Å². The van der Waals surface area contributed by atoms with Crippen LogP contribution >= 0.6 is 0 Å². The summed E-state index contributed by atoms with van der Waals surface area (Å²) in [5.74, 6) is -6.37. The molecule has 138 valence electrons. The molecule has 0 aliphatic heterocycles. The molecule has 0 aromatic heterocycles. The fraction of sp³-hybridized carbons (Fsp3) is 0.737. The topological polar surface area (TPSA) is 17.1 Å². The SMILES string of the molecule is O=C1C=C2CCC3C(=C2C(C(F)(F)C(F)(F)F)C1)CCC1CCCC13. The van der Waals surface area contributed by atoms with E-state index < -0.39 is 30.2 Å². The van der Waals surface area contributed by atoms with E-state index in [1.54, 1.807) is 0 Å². The van der Waals surface area contributed by atoms with Crippen LogP contribution in [-0.4, -0.2) is 17.9 Å². The second-order valence-corrected chi connectivity index (χ2v) is 7.99. The number of carbonyl (C=O) groups excluding carboxylic acids is 1. The second-order valence-electron chi connectivity index (χ2n) is 7.99. The highest BCUT2D eigenvalue weighted by Gasteiger charge is 2.64. The predicted octanol–water partition coefficient (Wildman–Crippen LogP) is 5.62. The molecular formula is C19H21F5O. The van der Waals surface area contributed by atoms with Crippen LogP contribution in [0.2, 0.25) is 0 Å². The number of hydrogen-bond acceptors (Lipinski definition) is 1. The van der Waals surface area contributed by atoms with E-state index in [0.717, 1.165) is 37.7 Å². The van der Waals surface area contributed by atoms with Gasteiger partial charge in [-0.2, -0.15) is 22.0 Å². The molecule has 25 heavy (non-hydrogen) atoms. The van der Waals surface area contributed by atoms with Gasteiger partial charge in [0, 0.05) is 6.42 Å². The van der Waals surface area contributed by atoms with Gasteiger partial charge < -0.3 is 0 Å². The minimum atomic E-state index is -5.63. The van der Waals surface area contributed by atoms with E-state index in [9.17, 15) is 26.7 Å². The summed E-state index contributed by atoms with van der Waals surface area (Å²) >= 11 is 0. The first kappa shape index (κ1) is 17.2. The van der Waals surface area contributed by atoms with Crippen LogP contribution in [0.1, 0.15) is 51.4 Å². The molecule has 4 aliphatic rings. The average Bonchev–Trinajstić information content (AvgIpc) is 3.01. The Morgan fingerprint density at radius 2 is 1.72 bits per heavy atom. The predicted molar refractivity (Wildman–Crippen MR) is 82.0 cm³/mol. The molecule has 0 N–H and O–H groups in total. The van der Waals surface area contributed by atoms with Crippen molar-refractivity contribution in [3.05, 3.63) is 22.8 Å². The van der Waals surface area contributed by atoms with Crippen LogP contribution in [0.3, 0.4) is 0 Å². The Morgan fingerprint density at radius 3 is 2.44 bits per heavy atom. The third kappa shape index (κ3) is 2.58. The molecule has 0 aromatic rings. The maximum absolute atomic E-state index is 14.2. The van der Waals surface area contributed by atoms with Crippen molar-refractivity contribution in [1.29, 1.82) is 0 Å². The summed E-state index contributed by atoms with van der Waals surface area (Å²) in [5.41, 5.74) is 1.43. The fourth-order valence-corrected chi connectivity index (χ4v) is 5.77. The minimum Gasteiger partial charge on any atom is -0.295 e. The van der Waals surface area contributed by atoms with E-state index in [1.807, 2.05) is 0 Å². The van der Waals surface area contributed by atoms with E-state index in [4.69, 9.17) is 0 Å². The maximum Gasteiger partial charge on any atom is 0.453 e. The van der Waals surface area contributed by atoms with Crippen LogP contribution in [-0.2, 0) is 4.79 Å². The van der Waals surface area contributed by atoms with Crippen molar-refractivity contribution in [3.63, 3.8) is 0 Å². The van der Waals surface area contributed by atoms with Crippen molar-refractivity contribution >= 4 is 5.78 Å². The van der Waals surface area contributed by atoms with Gasteiger partial charge in [0.1, 0.15) is 0 Å². The third-order valence-corrected chi connectivity index (χ3v) is 6.79. The Morgan fingerprint density at radius 1 is 0.960 bits per heavy atom. The molecule has 2 fully saturated rings. The first-order valence-electron chi connectivity index (χ1n) is 9.11. The van der Waals surface area contributed by atoms with Crippen LogP contribution in [0.4, 0.5) is 22.0 Å². The molecule has 4 atom stereocenters. The largest absolute Gasteiger partial charge is 0.453 e. The van der Waals surface area contributed by atoms with Crippen LogP contribution in [0.5, 0.6) is 0 Å². The lowest BCUT2D eigenvalue weighted by atomic mass is 9.61. The fourth-order valence-electron chi connectivity index (χ4n) is 5.77. The molecule has 0 radical (unpaired) electrons. The van der Waals surface area contributed by atoms with Gasteiger partial charge in [-0.1, -0.05) is 18.4 Å². The first-order chi connectivity index (χ1) is 11.7. The van der Waals surface area contributed by atoms with Crippen molar-refractivity contribution in [2.45, 2.75) is 63.5 Å². The number of fused-ring (bicyclic) bond motifs is 4. The molecule has 0 bridgehead atoms. The Balaban J connectivity index is 1.82. The Hall–Kier alpha value is -1.20. The van der Waals surface area contributed by atoms with Crippen LogP contribution in [0.25, 0.3) is 0 Å². The molecule has 4 unspecified atom stereocenters. The molecule has 1 nitrogen and oxygen atoms in total. The smallest absolute Gasteiger partial charge is 0.295 e. The molecular weight excluding hydrogens is 339 g/mol. The Labute approximate surface area is 143 Å². The summed E-state index contributed by atoms with van der Waals surface area (Å²) in [7, 11) is 0. The number of ketones is 1. The van der Waals surface area contributed by atoms with Gasteiger partial charge in [0.2, 0.25) is 0 Å². The lowest BCUT2D eigenvalue weighted by Gasteiger charge is -2.45. The van der Waals surface area contributed by atoms with Crippen molar-refractivity contribution in [2.24, 2.45) is 23.7 Å². The number of alkyl halides is 5. The van der Waals surface area contributed by atoms with E-state index in [2.05, 4.69) is 0 Å². The number of rotatable bonds is 1. The molecule has 0 saturated heterocycles. The third-order valence-electron chi connectivity index (χ3n) is 6.79. The van der Waals surface area contributed by atoms with Gasteiger partial charge in [-0.25, -0.2) is 0 Å². The van der Waals surface area contributed by atoms with E-state index >= 15 is 0 Å². The van der Waals surface area contributed by atoms with Crippen molar-refractivity contribution < 1.29 is 26.7 Å². The quantitative estimate of drug-likeness (QED) is 0.555. The zero-order valence-electron chi connectivity index (χ0n) is 13.8. The molecule has 0 amide bonds. The number of halogens is 5. The highest BCUT2D eigenvalue weighted by molar-refractivity contribution is 5.93. The Kier molecular flexibility index (Phi) is 3.89. The van der Waals surface area contributed by atoms with Gasteiger partial charge in [-0.05, 0) is 67.1 Å². The number of carbonyl (C=O) groups is 1. The molecule has 0 aromatic carbocycles. The standard InChI is InChI=1S/C19H21F5O/c20-18(21,19(22,23)24)16-9-12(25)8-11-5-6-14-13-3-1-2-10(13)4-7-15(14)17(11)16/h8,10,13-14,16H,1-7,9H2. The van der Waals surface area contributed by atoms with Gasteiger partial charge in [0.15, 0.2) is 5.78 Å². The van der Waals surface area contributed by atoms with Gasteiger partial charge in [-0.3, -0.25) is 4.79 Å². The van der Waals surface area contributed by atoms with Crippen molar-refractivity contribution in [3.8, 4) is 0 Å². The van der Waals surface area contributed by atoms with Crippen molar-refractivity contribution in [2.75, 3.05) is 0 Å². The zero-order valence-corrected chi connectivity index (χ0v) is 13.8. The van der Waals surface area contributed by atoms with Gasteiger partial charge in [0.05, 0.1) is 5.92 Å². The lowest BCUT2D eigenvalue weighted by molar-refractivity contribution is -0.298. The lowest BCUT2D eigenvalue weighted by Crippen LogP contribution is -2.47. The van der Waals surface area contributed by atoms with Crippen LogP contribution < -0.4 is 0 Å². The molecule has 4 rings (SSSR count). The summed E-state index contributed by atoms with van der Waals surface area (Å²) in [6.07, 6.45) is 0.980. The summed E-state index contributed by atoms with van der Waals surface area (Å²) < 4.78 is 67.6. The van der Waals surface area contributed by atoms with Gasteiger partial charge in [-0.15, -0.1) is 0 Å². The van der Waals surface area contributed by atoms with Crippen LogP contribution in [0.15, 0.2) is 22.8 Å². The monoisotopic (exact) mass is 360 g/mol. The van der Waals surface area contributed by atoms with Gasteiger partial charge >= 0.3 is 12.1 Å². The highest BCUT2D eigenvalue weighted by Crippen LogP contribution is 2.58. The summed E-state index contributed by atoms with van der Waals surface area (Å²) in [5, 5.41) is 0. The first-order valence-corrected chi connectivity index (χ1v) is 9.11. The zero-order chi connectivity index (χ0) is 18.0.